The van der Waals surface area contributed by atoms with Gasteiger partial charge < -0.3 is 9.30 Å². The smallest absolute Gasteiger partial charge is 0.311 e. The van der Waals surface area contributed by atoms with Crippen LogP contribution < -0.4 is 0 Å². The topological polar surface area (TPSA) is 31.2 Å². The van der Waals surface area contributed by atoms with E-state index in [4.69, 9.17) is 4.74 Å². The van der Waals surface area contributed by atoms with Crippen LogP contribution in [0, 0.1) is 17.3 Å². The van der Waals surface area contributed by atoms with Crippen LogP contribution in [0.2, 0.25) is 0 Å². The second-order valence-corrected chi connectivity index (χ2v) is 8.65. The number of aromatic nitrogens is 1. The molecule has 27 heavy (non-hydrogen) atoms. The Bertz CT molecular complexity index is 823. The Kier molecular flexibility index (Phi) is 4.94. The lowest BCUT2D eigenvalue weighted by atomic mass is 10.1. The molecular weight excluding hydrogens is 334 g/mol. The number of carbonyl (C=O) groups is 1. The molecule has 2 saturated carbocycles. The van der Waals surface area contributed by atoms with Crippen molar-refractivity contribution in [3.05, 3.63) is 71.6 Å². The molecule has 142 valence electrons. The van der Waals surface area contributed by atoms with Crippen molar-refractivity contribution in [2.45, 2.75) is 52.7 Å². The number of nitrogens with zero attached hydrogens (tertiary/aromatic N) is 1. The van der Waals surface area contributed by atoms with Crippen LogP contribution in [-0.2, 0) is 22.7 Å². The molecule has 0 N–H and O–H groups in total. The Hall–Kier alpha value is -2.29. The number of hydrogen-bond donors (Lipinski definition) is 0. The van der Waals surface area contributed by atoms with Crippen LogP contribution in [0.15, 0.2) is 60.4 Å². The molecule has 1 aromatic carbocycles. The predicted molar refractivity (Wildman–Crippen MR) is 107 cm³/mol. The standard InChI is InChI=1S/C24H29NO2/c1-24(2)21(15-19-10-6-7-11-19)22(24)23(26)27-17-25-13-12-20(16-25)14-18-8-4-3-5-9-18/h3-5,8-9,12-13,15-16,21-22H,6-7,10-11,14,17H2,1-2H3. The molecule has 2 aliphatic rings. The zero-order chi connectivity index (χ0) is 18.9. The summed E-state index contributed by atoms with van der Waals surface area (Å²) in [5, 5.41) is 0. The zero-order valence-electron chi connectivity index (χ0n) is 16.4. The van der Waals surface area contributed by atoms with E-state index in [9.17, 15) is 4.79 Å². The summed E-state index contributed by atoms with van der Waals surface area (Å²) in [6, 6.07) is 12.5. The zero-order valence-corrected chi connectivity index (χ0v) is 16.4. The van der Waals surface area contributed by atoms with Gasteiger partial charge in [0.2, 0.25) is 0 Å². The maximum Gasteiger partial charge on any atom is 0.311 e. The fourth-order valence-corrected chi connectivity index (χ4v) is 4.42. The van der Waals surface area contributed by atoms with Gasteiger partial charge in [0, 0.05) is 12.4 Å². The van der Waals surface area contributed by atoms with Gasteiger partial charge in [-0.2, -0.15) is 0 Å². The molecule has 0 spiro atoms. The number of carbonyl (C=O) groups excluding carboxylic acids is 1. The van der Waals surface area contributed by atoms with Gasteiger partial charge in [0.25, 0.3) is 0 Å². The summed E-state index contributed by atoms with van der Waals surface area (Å²) in [5.74, 6) is 0.291. The third-order valence-electron chi connectivity index (χ3n) is 6.24. The lowest BCUT2D eigenvalue weighted by Gasteiger charge is -2.06. The van der Waals surface area contributed by atoms with Gasteiger partial charge in [-0.25, -0.2) is 0 Å². The largest absolute Gasteiger partial charge is 0.444 e. The summed E-state index contributed by atoms with van der Waals surface area (Å²) < 4.78 is 7.60. The molecule has 2 aromatic rings. The van der Waals surface area contributed by atoms with Crippen LogP contribution in [0.4, 0.5) is 0 Å². The van der Waals surface area contributed by atoms with Crippen molar-refractivity contribution >= 4 is 5.97 Å². The molecule has 0 bridgehead atoms. The summed E-state index contributed by atoms with van der Waals surface area (Å²) >= 11 is 0. The maximum atomic E-state index is 12.6. The SMILES string of the molecule is CC1(C)C(C=C2CCCC2)C1C(=O)OCn1ccc(Cc2ccccc2)c1. The first-order chi connectivity index (χ1) is 13.0. The first-order valence-electron chi connectivity index (χ1n) is 10.1. The molecule has 2 unspecified atom stereocenters. The Labute approximate surface area is 162 Å². The minimum Gasteiger partial charge on any atom is -0.444 e. The van der Waals surface area contributed by atoms with Crippen LogP contribution in [0.25, 0.3) is 0 Å². The second kappa shape index (κ2) is 7.38. The van der Waals surface area contributed by atoms with Crippen LogP contribution in [0.1, 0.15) is 50.7 Å². The monoisotopic (exact) mass is 363 g/mol. The lowest BCUT2D eigenvalue weighted by Crippen LogP contribution is -2.13. The molecule has 2 atom stereocenters. The van der Waals surface area contributed by atoms with Gasteiger partial charge in [0.1, 0.15) is 0 Å². The van der Waals surface area contributed by atoms with Crippen molar-refractivity contribution in [1.82, 2.24) is 4.57 Å². The molecule has 1 heterocycles. The second-order valence-electron chi connectivity index (χ2n) is 8.65. The highest BCUT2D eigenvalue weighted by molar-refractivity contribution is 5.78. The highest BCUT2D eigenvalue weighted by Crippen LogP contribution is 2.60. The molecule has 4 rings (SSSR count). The highest BCUT2D eigenvalue weighted by Gasteiger charge is 2.61. The Morgan fingerprint density at radius 3 is 2.63 bits per heavy atom. The lowest BCUT2D eigenvalue weighted by molar-refractivity contribution is -0.150. The third-order valence-corrected chi connectivity index (χ3v) is 6.24. The van der Waals surface area contributed by atoms with Gasteiger partial charge in [-0.3, -0.25) is 4.79 Å². The van der Waals surface area contributed by atoms with Crippen LogP contribution in [0.3, 0.4) is 0 Å². The van der Waals surface area contributed by atoms with E-state index >= 15 is 0 Å². The Balaban J connectivity index is 1.31. The number of allylic oxidation sites excluding steroid dienone is 2. The fraction of sp³-hybridized carbons (Fsp3) is 0.458. The number of benzene rings is 1. The van der Waals surface area contributed by atoms with Crippen molar-refractivity contribution in [2.75, 3.05) is 0 Å². The van der Waals surface area contributed by atoms with Gasteiger partial charge in [-0.15, -0.1) is 0 Å². The molecule has 1 aromatic heterocycles. The van der Waals surface area contributed by atoms with Gasteiger partial charge >= 0.3 is 5.97 Å². The van der Waals surface area contributed by atoms with E-state index in [-0.39, 0.29) is 17.3 Å². The molecule has 0 saturated heterocycles. The Morgan fingerprint density at radius 1 is 1.15 bits per heavy atom. The number of rotatable bonds is 6. The van der Waals surface area contributed by atoms with Gasteiger partial charge in [0.05, 0.1) is 5.92 Å². The van der Waals surface area contributed by atoms with Gasteiger partial charge in [-0.05, 0) is 60.6 Å². The molecule has 2 aliphatic carbocycles. The van der Waals surface area contributed by atoms with Gasteiger partial charge in [-0.1, -0.05) is 55.8 Å². The normalized spacial score (nSPS) is 23.3. The number of esters is 1. The maximum absolute atomic E-state index is 12.6. The molecule has 0 amide bonds. The average Bonchev–Trinajstić information content (AvgIpc) is 3.10. The summed E-state index contributed by atoms with van der Waals surface area (Å²) in [6.45, 7) is 4.66. The van der Waals surface area contributed by atoms with Crippen molar-refractivity contribution in [3.8, 4) is 0 Å². The van der Waals surface area contributed by atoms with Crippen LogP contribution in [0.5, 0.6) is 0 Å². The average molecular weight is 364 g/mol. The molecule has 2 fully saturated rings. The van der Waals surface area contributed by atoms with Crippen molar-refractivity contribution in [3.63, 3.8) is 0 Å². The van der Waals surface area contributed by atoms with E-state index in [0.717, 1.165) is 6.42 Å². The van der Waals surface area contributed by atoms with Crippen molar-refractivity contribution in [1.29, 1.82) is 0 Å². The van der Waals surface area contributed by atoms with E-state index in [1.165, 1.54) is 36.8 Å². The van der Waals surface area contributed by atoms with E-state index < -0.39 is 0 Å². The molecule has 0 aliphatic heterocycles. The number of hydrogen-bond acceptors (Lipinski definition) is 2. The minimum atomic E-state index is -0.0573. The molecule has 3 nitrogen and oxygen atoms in total. The van der Waals surface area contributed by atoms with Crippen molar-refractivity contribution < 1.29 is 9.53 Å². The van der Waals surface area contributed by atoms with Crippen molar-refractivity contribution in [2.24, 2.45) is 17.3 Å². The summed E-state index contributed by atoms with van der Waals surface area (Å²) in [7, 11) is 0. The van der Waals surface area contributed by atoms with Crippen LogP contribution in [-0.4, -0.2) is 10.5 Å². The van der Waals surface area contributed by atoms with E-state index in [2.05, 4.69) is 56.5 Å². The fourth-order valence-electron chi connectivity index (χ4n) is 4.42. The predicted octanol–water partition coefficient (Wildman–Crippen LogP) is 5.35. The molecule has 0 radical (unpaired) electrons. The summed E-state index contributed by atoms with van der Waals surface area (Å²) in [4.78, 5) is 12.6. The molecular formula is C24H29NO2. The first-order valence-corrected chi connectivity index (χ1v) is 10.1. The Morgan fingerprint density at radius 2 is 1.89 bits per heavy atom. The highest BCUT2D eigenvalue weighted by atomic mass is 16.5. The summed E-state index contributed by atoms with van der Waals surface area (Å²) in [6.07, 6.45) is 12.3. The quantitative estimate of drug-likeness (QED) is 0.511. The summed E-state index contributed by atoms with van der Waals surface area (Å²) in [5.41, 5.74) is 4.09. The first kappa shape index (κ1) is 18.1. The van der Waals surface area contributed by atoms with Gasteiger partial charge in [0.15, 0.2) is 6.73 Å². The van der Waals surface area contributed by atoms with E-state index in [1.54, 1.807) is 5.57 Å². The van der Waals surface area contributed by atoms with E-state index in [0.29, 0.717) is 12.6 Å². The molecule has 3 heteroatoms. The minimum absolute atomic E-state index is 0.00458. The van der Waals surface area contributed by atoms with Crippen LogP contribution >= 0.6 is 0 Å². The van der Waals surface area contributed by atoms with E-state index in [1.807, 2.05) is 16.8 Å². The third kappa shape index (κ3) is 4.02. The number of ether oxygens (including phenoxy) is 1.